The molecule has 1 unspecified atom stereocenters. The maximum Gasteiger partial charge on any atom is 0.0544 e. The molecule has 0 rings (SSSR count). The van der Waals surface area contributed by atoms with Crippen LogP contribution in [0.15, 0.2) is 0 Å². The zero-order valence-corrected chi connectivity index (χ0v) is 11.5. The van der Waals surface area contributed by atoms with Gasteiger partial charge in [-0.3, -0.25) is 0 Å². The summed E-state index contributed by atoms with van der Waals surface area (Å²) < 4.78 is 0. The molecule has 0 amide bonds. The molecule has 0 aromatic rings. The van der Waals surface area contributed by atoms with Crippen LogP contribution in [0, 0.1) is 0 Å². The highest BCUT2D eigenvalue weighted by molar-refractivity contribution is 8.00. The van der Waals surface area contributed by atoms with Gasteiger partial charge in [-0.1, -0.05) is 58.8 Å². The molecule has 0 aromatic carbocycles. The molecule has 0 saturated carbocycles. The van der Waals surface area contributed by atoms with Crippen molar-refractivity contribution < 1.29 is 9.90 Å². The first-order chi connectivity index (χ1) is 7.72. The van der Waals surface area contributed by atoms with E-state index in [2.05, 4.69) is 6.92 Å². The van der Waals surface area contributed by atoms with Crippen molar-refractivity contribution in [2.45, 2.75) is 70.5 Å². The van der Waals surface area contributed by atoms with Crippen LogP contribution in [0.4, 0.5) is 0 Å². The van der Waals surface area contributed by atoms with Gasteiger partial charge in [-0.15, -0.1) is 0 Å². The molecule has 0 saturated heterocycles. The Kier molecular flexibility index (Phi) is 11.2. The van der Waals surface area contributed by atoms with E-state index in [9.17, 15) is 9.90 Å². The Balaban J connectivity index is 3.37. The van der Waals surface area contributed by atoms with Crippen LogP contribution >= 0.6 is 11.8 Å². The molecule has 1 atom stereocenters. The predicted molar refractivity (Wildman–Crippen MR) is 69.5 cm³/mol. The summed E-state index contributed by atoms with van der Waals surface area (Å²) in [6.45, 7) is 4.21. The lowest BCUT2D eigenvalue weighted by molar-refractivity contribution is -0.304. The quantitative estimate of drug-likeness (QED) is 0.525. The first-order valence-corrected chi connectivity index (χ1v) is 7.59. The third-order valence-corrected chi connectivity index (χ3v) is 3.86. The first-order valence-electron chi connectivity index (χ1n) is 6.54. The molecule has 0 aromatic heterocycles. The Hall–Kier alpha value is -0.180. The molecule has 0 spiro atoms. The Morgan fingerprint density at radius 3 is 2.12 bits per heavy atom. The van der Waals surface area contributed by atoms with Gasteiger partial charge in [-0.25, -0.2) is 0 Å². The molecule has 96 valence electrons. The Labute approximate surface area is 104 Å². The summed E-state index contributed by atoms with van der Waals surface area (Å²) in [5.74, 6) is -0.0346. The lowest BCUT2D eigenvalue weighted by Crippen LogP contribution is -2.33. The molecule has 0 bridgehead atoms. The third kappa shape index (κ3) is 9.08. The van der Waals surface area contributed by atoms with E-state index in [4.69, 9.17) is 0 Å². The van der Waals surface area contributed by atoms with Crippen molar-refractivity contribution in [3.63, 3.8) is 0 Å². The number of carbonyl (C=O) groups excluding carboxylic acids is 1. The molecule has 0 aliphatic carbocycles. The summed E-state index contributed by atoms with van der Waals surface area (Å²) >= 11 is 1.49. The van der Waals surface area contributed by atoms with Crippen molar-refractivity contribution in [2.75, 3.05) is 5.75 Å². The fourth-order valence-corrected chi connectivity index (χ4v) is 2.63. The van der Waals surface area contributed by atoms with Gasteiger partial charge in [0.2, 0.25) is 0 Å². The molecule has 2 nitrogen and oxygen atoms in total. The third-order valence-electron chi connectivity index (χ3n) is 2.70. The Bertz CT molecular complexity index is 171. The van der Waals surface area contributed by atoms with E-state index in [0.29, 0.717) is 0 Å². The molecule has 0 aliphatic rings. The second kappa shape index (κ2) is 11.3. The number of carbonyl (C=O) groups is 1. The Morgan fingerprint density at radius 1 is 1.06 bits per heavy atom. The minimum Gasteiger partial charge on any atom is -0.549 e. The Morgan fingerprint density at radius 2 is 1.62 bits per heavy atom. The van der Waals surface area contributed by atoms with E-state index in [-0.39, 0.29) is 5.25 Å². The van der Waals surface area contributed by atoms with E-state index in [0.717, 1.165) is 25.0 Å². The van der Waals surface area contributed by atoms with Crippen molar-refractivity contribution in [3.05, 3.63) is 0 Å². The number of hydrogen-bond acceptors (Lipinski definition) is 3. The average Bonchev–Trinajstić information content (AvgIpc) is 2.26. The predicted octanol–water partition coefficient (Wildman–Crippen LogP) is 3.00. The zero-order chi connectivity index (χ0) is 12.2. The van der Waals surface area contributed by atoms with Gasteiger partial charge < -0.3 is 9.90 Å². The summed E-state index contributed by atoms with van der Waals surface area (Å²) in [6.07, 6.45) is 9.43. The molecule has 0 fully saturated rings. The summed E-state index contributed by atoms with van der Waals surface area (Å²) in [5.41, 5.74) is 0. The highest BCUT2D eigenvalue weighted by atomic mass is 32.2. The number of thioether (sulfide) groups is 1. The fraction of sp³-hybridized carbons (Fsp3) is 0.923. The van der Waals surface area contributed by atoms with Gasteiger partial charge >= 0.3 is 0 Å². The maximum absolute atomic E-state index is 10.8. The standard InChI is InChI=1S/C13H26O2S/c1-3-5-6-7-8-9-10-11-12(13(14)15)16-4-2/h12H,3-11H2,1-2H3,(H,14,15)/p-1. The van der Waals surface area contributed by atoms with Crippen LogP contribution in [-0.2, 0) is 4.79 Å². The first kappa shape index (κ1) is 15.8. The van der Waals surface area contributed by atoms with Gasteiger partial charge in [0.25, 0.3) is 0 Å². The monoisotopic (exact) mass is 245 g/mol. The van der Waals surface area contributed by atoms with Crippen LogP contribution in [0.25, 0.3) is 0 Å². The minimum absolute atomic E-state index is 0.291. The van der Waals surface area contributed by atoms with Crippen molar-refractivity contribution in [1.29, 1.82) is 0 Å². The second-order valence-corrected chi connectivity index (χ2v) is 5.65. The van der Waals surface area contributed by atoms with Gasteiger partial charge in [0.1, 0.15) is 0 Å². The lowest BCUT2D eigenvalue weighted by Gasteiger charge is -2.16. The van der Waals surface area contributed by atoms with Crippen LogP contribution in [0.1, 0.15) is 65.2 Å². The smallest absolute Gasteiger partial charge is 0.0544 e. The molecule has 16 heavy (non-hydrogen) atoms. The molecule has 0 heterocycles. The highest BCUT2D eigenvalue weighted by Gasteiger charge is 2.08. The van der Waals surface area contributed by atoms with E-state index in [1.165, 1.54) is 43.9 Å². The number of unbranched alkanes of at least 4 members (excludes halogenated alkanes) is 6. The maximum atomic E-state index is 10.8. The lowest BCUT2D eigenvalue weighted by atomic mass is 10.1. The summed E-state index contributed by atoms with van der Waals surface area (Å²) in [7, 11) is 0. The van der Waals surface area contributed by atoms with E-state index in [1.54, 1.807) is 0 Å². The normalized spacial score (nSPS) is 12.6. The van der Waals surface area contributed by atoms with Gasteiger partial charge in [0, 0.05) is 5.25 Å². The molecule has 3 heteroatoms. The van der Waals surface area contributed by atoms with Crippen LogP contribution in [0.3, 0.4) is 0 Å². The largest absolute Gasteiger partial charge is 0.549 e. The van der Waals surface area contributed by atoms with Crippen molar-refractivity contribution >= 4 is 17.7 Å². The molecular formula is C13H25O2S-. The van der Waals surface area contributed by atoms with Gasteiger partial charge in [0.05, 0.1) is 5.97 Å². The second-order valence-electron chi connectivity index (χ2n) is 4.17. The van der Waals surface area contributed by atoms with E-state index < -0.39 is 5.97 Å². The molecule has 0 aliphatic heterocycles. The van der Waals surface area contributed by atoms with Crippen molar-refractivity contribution in [2.24, 2.45) is 0 Å². The molecule has 0 N–H and O–H groups in total. The minimum atomic E-state index is -0.891. The van der Waals surface area contributed by atoms with Crippen LogP contribution in [0.5, 0.6) is 0 Å². The van der Waals surface area contributed by atoms with Gasteiger partial charge in [0.15, 0.2) is 0 Å². The zero-order valence-electron chi connectivity index (χ0n) is 10.7. The average molecular weight is 245 g/mol. The molecular weight excluding hydrogens is 220 g/mol. The van der Waals surface area contributed by atoms with Gasteiger partial charge in [-0.05, 0) is 12.2 Å². The number of carboxylic acid groups (broad SMARTS) is 1. The number of carboxylic acids is 1. The molecule has 0 radical (unpaired) electrons. The van der Waals surface area contributed by atoms with Crippen LogP contribution in [-0.4, -0.2) is 17.0 Å². The van der Waals surface area contributed by atoms with Crippen LogP contribution in [0.2, 0.25) is 0 Å². The SMILES string of the molecule is CCCCCCCCCC(SCC)C(=O)[O-]. The summed E-state index contributed by atoms with van der Waals surface area (Å²) in [5, 5.41) is 10.5. The van der Waals surface area contributed by atoms with E-state index >= 15 is 0 Å². The summed E-state index contributed by atoms with van der Waals surface area (Å²) in [4.78, 5) is 10.8. The number of hydrogen-bond donors (Lipinski definition) is 0. The van der Waals surface area contributed by atoms with Crippen LogP contribution < -0.4 is 5.11 Å². The van der Waals surface area contributed by atoms with Crippen molar-refractivity contribution in [1.82, 2.24) is 0 Å². The van der Waals surface area contributed by atoms with Gasteiger partial charge in [-0.2, -0.15) is 11.8 Å². The van der Waals surface area contributed by atoms with Crippen molar-refractivity contribution in [3.8, 4) is 0 Å². The van der Waals surface area contributed by atoms with E-state index in [1.807, 2.05) is 6.92 Å². The number of aliphatic carboxylic acids is 1. The number of rotatable bonds is 11. The topological polar surface area (TPSA) is 40.1 Å². The highest BCUT2D eigenvalue weighted by Crippen LogP contribution is 2.18. The fourth-order valence-electron chi connectivity index (χ4n) is 1.76. The summed E-state index contributed by atoms with van der Waals surface area (Å²) in [6, 6.07) is 0.